The Hall–Kier alpha value is -1.97. The second-order valence-electron chi connectivity index (χ2n) is 6.22. The maximum absolute atomic E-state index is 12.6. The molecule has 26 heavy (non-hydrogen) atoms. The van der Waals surface area contributed by atoms with Gasteiger partial charge in [0.2, 0.25) is 15.9 Å². The molecule has 1 aromatic carbocycles. The molecule has 1 aliphatic rings. The maximum atomic E-state index is 12.6. The van der Waals surface area contributed by atoms with Crippen LogP contribution in [0.4, 0.5) is 5.00 Å². The standard InChI is InChI=1S/C17H20N2O5S2/c1-24-17(21)14-12-5-3-4-6-13(12)25-16(14)18-15(20)11-7-9-19(10-8-11)26(2,22)23/h3-6,11H,7-10H2,1-2H3,(H,18,20). The molecule has 0 radical (unpaired) electrons. The summed E-state index contributed by atoms with van der Waals surface area (Å²) in [6.45, 7) is 0.653. The number of amides is 1. The molecule has 3 rings (SSSR count). The summed E-state index contributed by atoms with van der Waals surface area (Å²) in [6.07, 6.45) is 2.09. The van der Waals surface area contributed by atoms with Crippen LogP contribution in [0, 0.1) is 5.92 Å². The van der Waals surface area contributed by atoms with Crippen LogP contribution in [-0.2, 0) is 19.6 Å². The van der Waals surface area contributed by atoms with Crippen LogP contribution >= 0.6 is 11.3 Å². The van der Waals surface area contributed by atoms with E-state index in [1.165, 1.54) is 29.0 Å². The van der Waals surface area contributed by atoms with Gasteiger partial charge in [0.15, 0.2) is 0 Å². The number of sulfonamides is 1. The summed E-state index contributed by atoms with van der Waals surface area (Å²) in [5.74, 6) is -0.983. The maximum Gasteiger partial charge on any atom is 0.341 e. The van der Waals surface area contributed by atoms with Gasteiger partial charge in [0, 0.05) is 29.1 Å². The third kappa shape index (κ3) is 3.74. The van der Waals surface area contributed by atoms with Crippen molar-refractivity contribution in [3.8, 4) is 0 Å². The monoisotopic (exact) mass is 396 g/mol. The third-order valence-corrected chi connectivity index (χ3v) is 6.90. The highest BCUT2D eigenvalue weighted by molar-refractivity contribution is 7.88. The highest BCUT2D eigenvalue weighted by atomic mass is 32.2. The van der Waals surface area contributed by atoms with Gasteiger partial charge in [-0.25, -0.2) is 17.5 Å². The van der Waals surface area contributed by atoms with Gasteiger partial charge in [-0.15, -0.1) is 11.3 Å². The molecule has 0 unspecified atom stereocenters. The molecule has 7 nitrogen and oxygen atoms in total. The summed E-state index contributed by atoms with van der Waals surface area (Å²) < 4.78 is 30.3. The first-order valence-electron chi connectivity index (χ1n) is 8.17. The lowest BCUT2D eigenvalue weighted by molar-refractivity contribution is -0.120. The number of hydrogen-bond donors (Lipinski definition) is 1. The molecule has 0 atom stereocenters. The Bertz CT molecular complexity index is 943. The zero-order valence-electron chi connectivity index (χ0n) is 14.5. The van der Waals surface area contributed by atoms with Crippen molar-refractivity contribution in [3.63, 3.8) is 0 Å². The van der Waals surface area contributed by atoms with E-state index < -0.39 is 16.0 Å². The van der Waals surface area contributed by atoms with E-state index in [4.69, 9.17) is 4.74 Å². The average Bonchev–Trinajstić information content (AvgIpc) is 2.98. The predicted molar refractivity (Wildman–Crippen MR) is 101 cm³/mol. The molecule has 9 heteroatoms. The quantitative estimate of drug-likeness (QED) is 0.801. The molecule has 0 saturated carbocycles. The second-order valence-corrected chi connectivity index (χ2v) is 9.25. The highest BCUT2D eigenvalue weighted by Crippen LogP contribution is 2.36. The van der Waals surface area contributed by atoms with Gasteiger partial charge in [-0.3, -0.25) is 4.79 Å². The van der Waals surface area contributed by atoms with Crippen molar-refractivity contribution in [1.82, 2.24) is 4.31 Å². The predicted octanol–water partition coefficient (Wildman–Crippen LogP) is 2.30. The molecule has 1 saturated heterocycles. The molecule has 140 valence electrons. The lowest BCUT2D eigenvalue weighted by atomic mass is 9.97. The smallest absolute Gasteiger partial charge is 0.341 e. The highest BCUT2D eigenvalue weighted by Gasteiger charge is 2.30. The van der Waals surface area contributed by atoms with E-state index in [2.05, 4.69) is 5.32 Å². The summed E-state index contributed by atoms with van der Waals surface area (Å²) in [6, 6.07) is 7.39. The first-order valence-corrected chi connectivity index (χ1v) is 10.8. The van der Waals surface area contributed by atoms with E-state index >= 15 is 0 Å². The minimum absolute atomic E-state index is 0.199. The number of ether oxygens (including phenoxy) is 1. The topological polar surface area (TPSA) is 92.8 Å². The van der Waals surface area contributed by atoms with Crippen LogP contribution in [0.1, 0.15) is 23.2 Å². The number of hydrogen-bond acceptors (Lipinski definition) is 6. The minimum Gasteiger partial charge on any atom is -0.465 e. The number of anilines is 1. The molecule has 1 N–H and O–H groups in total. The van der Waals surface area contributed by atoms with Crippen LogP contribution in [0.15, 0.2) is 24.3 Å². The van der Waals surface area contributed by atoms with Crippen LogP contribution in [0.2, 0.25) is 0 Å². The average molecular weight is 396 g/mol. The Kier molecular flexibility index (Phi) is 5.31. The van der Waals surface area contributed by atoms with E-state index in [-0.39, 0.29) is 11.8 Å². The number of fused-ring (bicyclic) bond motifs is 1. The summed E-state index contributed by atoms with van der Waals surface area (Å²) in [7, 11) is -1.92. The molecule has 0 bridgehead atoms. The van der Waals surface area contributed by atoms with Gasteiger partial charge in [-0.2, -0.15) is 0 Å². The van der Waals surface area contributed by atoms with Crippen LogP contribution < -0.4 is 5.32 Å². The SMILES string of the molecule is COC(=O)c1c(NC(=O)C2CCN(S(C)(=O)=O)CC2)sc2ccccc12. The summed E-state index contributed by atoms with van der Waals surface area (Å²) in [5, 5.41) is 4.06. The number of methoxy groups -OCH3 is 1. The van der Waals surface area contributed by atoms with Crippen molar-refractivity contribution in [2.45, 2.75) is 12.8 Å². The Morgan fingerprint density at radius 1 is 1.23 bits per heavy atom. The van der Waals surface area contributed by atoms with Gasteiger partial charge < -0.3 is 10.1 Å². The fourth-order valence-electron chi connectivity index (χ4n) is 3.10. The van der Waals surface area contributed by atoms with Gasteiger partial charge in [-0.1, -0.05) is 18.2 Å². The van der Waals surface area contributed by atoms with Crippen molar-refractivity contribution in [3.05, 3.63) is 29.8 Å². The molecule has 1 aliphatic heterocycles. The lowest BCUT2D eigenvalue weighted by Gasteiger charge is -2.29. The number of benzene rings is 1. The van der Waals surface area contributed by atoms with Crippen LogP contribution in [0.5, 0.6) is 0 Å². The molecule has 0 spiro atoms. The van der Waals surface area contributed by atoms with Crippen molar-refractivity contribution >= 4 is 48.3 Å². The Morgan fingerprint density at radius 2 is 1.88 bits per heavy atom. The van der Waals surface area contributed by atoms with Crippen LogP contribution in [0.25, 0.3) is 10.1 Å². The molecule has 1 fully saturated rings. The van der Waals surface area contributed by atoms with Crippen molar-refractivity contribution < 1.29 is 22.7 Å². The lowest BCUT2D eigenvalue weighted by Crippen LogP contribution is -2.40. The van der Waals surface area contributed by atoms with Gasteiger partial charge in [0.25, 0.3) is 0 Å². The molecular weight excluding hydrogens is 376 g/mol. The van der Waals surface area contributed by atoms with E-state index in [0.717, 1.165) is 10.1 Å². The molecule has 1 aromatic heterocycles. The normalized spacial score (nSPS) is 16.5. The molecule has 2 heterocycles. The van der Waals surface area contributed by atoms with Gasteiger partial charge in [0.05, 0.1) is 13.4 Å². The van der Waals surface area contributed by atoms with Crippen LogP contribution in [-0.4, -0.2) is 51.1 Å². The van der Waals surface area contributed by atoms with E-state index in [1.54, 1.807) is 0 Å². The molecule has 2 aromatic rings. The van der Waals surface area contributed by atoms with Crippen molar-refractivity contribution in [2.24, 2.45) is 5.92 Å². The van der Waals surface area contributed by atoms with Gasteiger partial charge in [-0.05, 0) is 18.9 Å². The molecular formula is C17H20N2O5S2. The number of thiophene rings is 1. The summed E-state index contributed by atoms with van der Waals surface area (Å²) >= 11 is 1.33. The Balaban J connectivity index is 1.79. The van der Waals surface area contributed by atoms with Crippen molar-refractivity contribution in [2.75, 3.05) is 31.8 Å². The Labute approximate surface area is 156 Å². The Morgan fingerprint density at radius 3 is 2.50 bits per heavy atom. The number of piperidine rings is 1. The van der Waals surface area contributed by atoms with Crippen molar-refractivity contribution in [1.29, 1.82) is 0 Å². The number of carbonyl (C=O) groups is 2. The first kappa shape index (κ1) is 18.8. The van der Waals surface area contributed by atoms with Crippen LogP contribution in [0.3, 0.4) is 0 Å². The van der Waals surface area contributed by atoms with Gasteiger partial charge >= 0.3 is 5.97 Å². The number of nitrogens with zero attached hydrogens (tertiary/aromatic N) is 1. The number of nitrogens with one attached hydrogen (secondary N) is 1. The number of carbonyl (C=O) groups excluding carboxylic acids is 2. The zero-order valence-corrected chi connectivity index (χ0v) is 16.2. The number of rotatable bonds is 4. The van der Waals surface area contributed by atoms with E-state index in [0.29, 0.717) is 36.5 Å². The minimum atomic E-state index is -3.23. The largest absolute Gasteiger partial charge is 0.465 e. The van der Waals surface area contributed by atoms with E-state index in [1.807, 2.05) is 24.3 Å². The van der Waals surface area contributed by atoms with E-state index in [9.17, 15) is 18.0 Å². The third-order valence-electron chi connectivity index (χ3n) is 4.52. The van der Waals surface area contributed by atoms with Gasteiger partial charge in [0.1, 0.15) is 10.6 Å². The second kappa shape index (κ2) is 7.34. The molecule has 0 aliphatic carbocycles. The fourth-order valence-corrected chi connectivity index (χ4v) is 5.07. The summed E-state index contributed by atoms with van der Waals surface area (Å²) in [4.78, 5) is 24.8. The summed E-state index contributed by atoms with van der Waals surface area (Å²) in [5.41, 5.74) is 0.357. The molecule has 1 amide bonds. The zero-order chi connectivity index (χ0) is 18.9. The number of esters is 1. The first-order chi connectivity index (χ1) is 12.3. The fraction of sp³-hybridized carbons (Fsp3) is 0.412.